The molecule has 1 heterocycles. The third kappa shape index (κ3) is 2.40. The van der Waals surface area contributed by atoms with Crippen LogP contribution in [-0.2, 0) is 6.54 Å². The molecule has 0 fully saturated rings. The first-order valence-corrected chi connectivity index (χ1v) is 5.19. The van der Waals surface area contributed by atoms with Gasteiger partial charge in [-0.1, -0.05) is 12.1 Å². The van der Waals surface area contributed by atoms with E-state index < -0.39 is 0 Å². The lowest BCUT2D eigenvalue weighted by atomic mass is 10.2. The van der Waals surface area contributed by atoms with E-state index in [0.717, 1.165) is 11.3 Å². The number of H-pyrrole nitrogens is 1. The highest BCUT2D eigenvalue weighted by Crippen LogP contribution is 2.12. The van der Waals surface area contributed by atoms with E-state index in [1.54, 1.807) is 18.1 Å². The molecule has 0 aliphatic carbocycles. The minimum absolute atomic E-state index is 0.544. The predicted octanol–water partition coefficient (Wildman–Crippen LogP) is 1.69. The molecule has 16 heavy (non-hydrogen) atoms. The molecule has 0 radical (unpaired) electrons. The number of nitrogens with one attached hydrogen (secondary N) is 2. The number of methoxy groups -OCH3 is 1. The number of rotatable bonds is 4. The Kier molecular flexibility index (Phi) is 3.21. The van der Waals surface area contributed by atoms with Gasteiger partial charge in [0.25, 0.3) is 0 Å². The normalized spacial score (nSPS) is 10.1. The van der Waals surface area contributed by atoms with E-state index >= 15 is 0 Å². The molecular weight excluding hydrogens is 224 g/mol. The molecule has 0 aliphatic rings. The molecule has 84 valence electrons. The highest BCUT2D eigenvalue weighted by molar-refractivity contribution is 7.71. The third-order valence-electron chi connectivity index (χ3n) is 2.14. The Morgan fingerprint density at radius 2 is 2.44 bits per heavy atom. The predicted molar refractivity (Wildman–Crippen MR) is 63.5 cm³/mol. The minimum Gasteiger partial charge on any atom is -0.497 e. The van der Waals surface area contributed by atoms with Gasteiger partial charge in [-0.3, -0.25) is 5.10 Å². The molecule has 1 aromatic heterocycles. The SMILES string of the molecule is COc1cccc(CNn2cn[nH]c2=S)c1. The highest BCUT2D eigenvalue weighted by atomic mass is 32.1. The van der Waals surface area contributed by atoms with Crippen molar-refractivity contribution < 1.29 is 4.74 Å². The van der Waals surface area contributed by atoms with Crippen molar-refractivity contribution in [2.24, 2.45) is 0 Å². The summed E-state index contributed by atoms with van der Waals surface area (Å²) >= 11 is 5.01. The summed E-state index contributed by atoms with van der Waals surface area (Å²) in [5.74, 6) is 0.843. The second-order valence-corrected chi connectivity index (χ2v) is 3.60. The maximum absolute atomic E-state index is 5.14. The van der Waals surface area contributed by atoms with E-state index in [0.29, 0.717) is 11.3 Å². The van der Waals surface area contributed by atoms with Crippen molar-refractivity contribution >= 4 is 12.2 Å². The Balaban J connectivity index is 2.05. The molecular formula is C10H12N4OS. The van der Waals surface area contributed by atoms with Gasteiger partial charge in [-0.2, -0.15) is 5.10 Å². The first-order chi connectivity index (χ1) is 7.79. The summed E-state index contributed by atoms with van der Waals surface area (Å²) in [7, 11) is 1.65. The number of benzene rings is 1. The van der Waals surface area contributed by atoms with Crippen LogP contribution in [0, 0.1) is 4.77 Å². The van der Waals surface area contributed by atoms with Gasteiger partial charge in [-0.25, -0.2) is 4.68 Å². The molecule has 0 aliphatic heterocycles. The summed E-state index contributed by atoms with van der Waals surface area (Å²) in [4.78, 5) is 0. The van der Waals surface area contributed by atoms with Crippen LogP contribution in [0.15, 0.2) is 30.6 Å². The van der Waals surface area contributed by atoms with Crippen LogP contribution in [0.5, 0.6) is 5.75 Å². The van der Waals surface area contributed by atoms with Crippen LogP contribution in [0.25, 0.3) is 0 Å². The fraction of sp³-hybridized carbons (Fsp3) is 0.200. The maximum Gasteiger partial charge on any atom is 0.214 e. The lowest BCUT2D eigenvalue weighted by Crippen LogP contribution is -2.13. The van der Waals surface area contributed by atoms with Gasteiger partial charge in [0.05, 0.1) is 13.7 Å². The van der Waals surface area contributed by atoms with Gasteiger partial charge >= 0.3 is 0 Å². The summed E-state index contributed by atoms with van der Waals surface area (Å²) in [6.07, 6.45) is 1.60. The number of aromatic nitrogens is 3. The summed E-state index contributed by atoms with van der Waals surface area (Å²) in [5.41, 5.74) is 4.24. The highest BCUT2D eigenvalue weighted by Gasteiger charge is 1.96. The van der Waals surface area contributed by atoms with E-state index in [1.165, 1.54) is 0 Å². The van der Waals surface area contributed by atoms with Crippen molar-refractivity contribution in [3.63, 3.8) is 0 Å². The number of hydrogen-bond acceptors (Lipinski definition) is 4. The smallest absolute Gasteiger partial charge is 0.214 e. The molecule has 0 spiro atoms. The van der Waals surface area contributed by atoms with Gasteiger partial charge in [0.1, 0.15) is 12.1 Å². The van der Waals surface area contributed by atoms with E-state index in [1.807, 2.05) is 24.3 Å². The van der Waals surface area contributed by atoms with Crippen molar-refractivity contribution in [2.45, 2.75) is 6.54 Å². The first-order valence-electron chi connectivity index (χ1n) is 4.78. The van der Waals surface area contributed by atoms with Crippen molar-refractivity contribution in [3.05, 3.63) is 40.9 Å². The molecule has 0 atom stereocenters. The van der Waals surface area contributed by atoms with Crippen molar-refractivity contribution in [1.29, 1.82) is 0 Å². The number of aromatic amines is 1. The van der Waals surface area contributed by atoms with E-state index in [-0.39, 0.29) is 0 Å². The Labute approximate surface area is 98.0 Å². The van der Waals surface area contributed by atoms with Crippen LogP contribution in [0.2, 0.25) is 0 Å². The number of ether oxygens (including phenoxy) is 1. The van der Waals surface area contributed by atoms with Crippen LogP contribution in [0.1, 0.15) is 5.56 Å². The third-order valence-corrected chi connectivity index (χ3v) is 2.43. The van der Waals surface area contributed by atoms with Gasteiger partial charge in [0, 0.05) is 0 Å². The van der Waals surface area contributed by atoms with Crippen molar-refractivity contribution in [1.82, 2.24) is 14.9 Å². The summed E-state index contributed by atoms with van der Waals surface area (Å²) in [6.45, 7) is 0.658. The number of nitrogens with zero attached hydrogens (tertiary/aromatic N) is 2. The zero-order chi connectivity index (χ0) is 11.4. The van der Waals surface area contributed by atoms with Gasteiger partial charge < -0.3 is 10.2 Å². The van der Waals surface area contributed by atoms with Crippen LogP contribution in [0.4, 0.5) is 0 Å². The molecule has 2 rings (SSSR count). The average molecular weight is 236 g/mol. The van der Waals surface area contributed by atoms with Crippen LogP contribution < -0.4 is 10.2 Å². The lowest BCUT2D eigenvalue weighted by Gasteiger charge is -2.07. The van der Waals surface area contributed by atoms with Crippen molar-refractivity contribution in [3.8, 4) is 5.75 Å². The van der Waals surface area contributed by atoms with Crippen LogP contribution >= 0.6 is 12.2 Å². The molecule has 0 saturated carbocycles. The summed E-state index contributed by atoms with van der Waals surface area (Å²) < 4.78 is 7.35. The quantitative estimate of drug-likeness (QED) is 0.793. The molecule has 2 N–H and O–H groups in total. The average Bonchev–Trinajstić information content (AvgIpc) is 2.72. The molecule has 5 nitrogen and oxygen atoms in total. The van der Waals surface area contributed by atoms with Crippen LogP contribution in [-0.4, -0.2) is 22.0 Å². The standard InChI is InChI=1S/C10H12N4OS/c1-15-9-4-2-3-8(5-9)6-12-14-7-11-13-10(14)16/h2-5,7,12H,6H2,1H3,(H,13,16). The fourth-order valence-electron chi connectivity index (χ4n) is 1.32. The topological polar surface area (TPSA) is 54.9 Å². The monoisotopic (exact) mass is 236 g/mol. The summed E-state index contributed by atoms with van der Waals surface area (Å²) in [5, 5.41) is 6.48. The Morgan fingerprint density at radius 1 is 1.56 bits per heavy atom. The zero-order valence-corrected chi connectivity index (χ0v) is 9.62. The first kappa shape index (κ1) is 10.7. The minimum atomic E-state index is 0.544. The Morgan fingerprint density at radius 3 is 3.12 bits per heavy atom. The molecule has 2 aromatic rings. The van der Waals surface area contributed by atoms with E-state index in [2.05, 4.69) is 15.6 Å². The van der Waals surface area contributed by atoms with Gasteiger partial charge in [-0.15, -0.1) is 0 Å². The molecule has 0 bridgehead atoms. The zero-order valence-electron chi connectivity index (χ0n) is 8.80. The van der Waals surface area contributed by atoms with Gasteiger partial charge in [0.15, 0.2) is 0 Å². The maximum atomic E-state index is 5.14. The Hall–Kier alpha value is -1.82. The van der Waals surface area contributed by atoms with E-state index in [4.69, 9.17) is 17.0 Å². The van der Waals surface area contributed by atoms with Crippen molar-refractivity contribution in [2.75, 3.05) is 12.5 Å². The fourth-order valence-corrected chi connectivity index (χ4v) is 1.48. The summed E-state index contributed by atoms with van der Waals surface area (Å²) in [6, 6.07) is 7.84. The second-order valence-electron chi connectivity index (χ2n) is 3.22. The lowest BCUT2D eigenvalue weighted by molar-refractivity contribution is 0.414. The second kappa shape index (κ2) is 4.80. The van der Waals surface area contributed by atoms with Gasteiger partial charge in [0.2, 0.25) is 4.77 Å². The molecule has 1 aromatic carbocycles. The van der Waals surface area contributed by atoms with Gasteiger partial charge in [-0.05, 0) is 29.9 Å². The molecule has 0 amide bonds. The largest absolute Gasteiger partial charge is 0.497 e. The van der Waals surface area contributed by atoms with E-state index in [9.17, 15) is 0 Å². The van der Waals surface area contributed by atoms with Crippen LogP contribution in [0.3, 0.4) is 0 Å². The molecule has 6 heteroatoms. The molecule has 0 unspecified atom stereocenters. The number of hydrogen-bond donors (Lipinski definition) is 2. The molecule has 0 saturated heterocycles. The Bertz CT molecular complexity index is 519.